The van der Waals surface area contributed by atoms with E-state index in [1.54, 1.807) is 25.1 Å². The summed E-state index contributed by atoms with van der Waals surface area (Å²) in [6.45, 7) is 3.51. The molecule has 1 aromatic heterocycles. The molecule has 2 aromatic carbocycles. The number of benzene rings is 2. The summed E-state index contributed by atoms with van der Waals surface area (Å²) in [6, 6.07) is 13.7. The van der Waals surface area contributed by atoms with Crippen molar-refractivity contribution in [3.8, 4) is 11.3 Å². The van der Waals surface area contributed by atoms with Crippen LogP contribution in [-0.2, 0) is 4.79 Å². The molecule has 6 nitrogen and oxygen atoms in total. The number of nitrogens with zero attached hydrogens (tertiary/aromatic N) is 1. The number of nitro groups is 1. The maximum absolute atomic E-state index is 12.2. The first-order chi connectivity index (χ1) is 13.3. The number of carbonyl (C=O) groups excluding carboxylic acids is 1. The van der Waals surface area contributed by atoms with Crippen molar-refractivity contribution in [2.45, 2.75) is 13.8 Å². The van der Waals surface area contributed by atoms with Crippen LogP contribution in [0.3, 0.4) is 0 Å². The highest BCUT2D eigenvalue weighted by atomic mass is 35.5. The number of hydrogen-bond donors (Lipinski definition) is 1. The molecule has 0 spiro atoms. The van der Waals surface area contributed by atoms with Gasteiger partial charge in [0.05, 0.1) is 16.2 Å². The van der Waals surface area contributed by atoms with E-state index in [2.05, 4.69) is 5.32 Å². The van der Waals surface area contributed by atoms with E-state index in [0.29, 0.717) is 27.8 Å². The van der Waals surface area contributed by atoms with Gasteiger partial charge in [-0.2, -0.15) is 0 Å². The Morgan fingerprint density at radius 2 is 1.96 bits per heavy atom. The first-order valence-electron chi connectivity index (χ1n) is 8.44. The number of halogens is 1. The van der Waals surface area contributed by atoms with E-state index in [1.165, 1.54) is 24.3 Å². The average molecular weight is 397 g/mol. The van der Waals surface area contributed by atoms with Crippen molar-refractivity contribution in [3.05, 3.63) is 86.6 Å². The van der Waals surface area contributed by atoms with E-state index < -0.39 is 10.8 Å². The fourth-order valence-electron chi connectivity index (χ4n) is 2.63. The number of carbonyl (C=O) groups is 1. The summed E-state index contributed by atoms with van der Waals surface area (Å²) in [5.41, 5.74) is 2.55. The molecule has 0 unspecified atom stereocenters. The fourth-order valence-corrected chi connectivity index (χ4v) is 2.81. The van der Waals surface area contributed by atoms with Crippen LogP contribution in [0.1, 0.15) is 16.9 Å². The summed E-state index contributed by atoms with van der Waals surface area (Å²) < 4.78 is 5.72. The first-order valence-corrected chi connectivity index (χ1v) is 8.82. The molecule has 0 radical (unpaired) electrons. The highest BCUT2D eigenvalue weighted by molar-refractivity contribution is 6.31. The molecule has 0 saturated carbocycles. The highest BCUT2D eigenvalue weighted by Gasteiger charge is 2.14. The summed E-state index contributed by atoms with van der Waals surface area (Å²) in [5, 5.41) is 14.3. The van der Waals surface area contributed by atoms with Crippen molar-refractivity contribution in [2.75, 3.05) is 5.32 Å². The minimum Gasteiger partial charge on any atom is -0.457 e. The smallest absolute Gasteiger partial charge is 0.274 e. The highest BCUT2D eigenvalue weighted by Crippen LogP contribution is 2.28. The molecule has 0 bridgehead atoms. The van der Waals surface area contributed by atoms with E-state index in [1.807, 2.05) is 25.1 Å². The van der Waals surface area contributed by atoms with Gasteiger partial charge in [0.25, 0.3) is 5.69 Å². The third kappa shape index (κ3) is 4.29. The van der Waals surface area contributed by atoms with Crippen LogP contribution in [0.4, 0.5) is 11.4 Å². The Morgan fingerprint density at radius 3 is 2.68 bits per heavy atom. The molecular formula is C21H17ClN2O4. The quantitative estimate of drug-likeness (QED) is 0.336. The number of anilines is 1. The number of hydrogen-bond acceptors (Lipinski definition) is 4. The fraction of sp³-hybridized carbons (Fsp3) is 0.0952. The number of furan rings is 1. The van der Waals surface area contributed by atoms with Gasteiger partial charge in [-0.3, -0.25) is 14.9 Å². The number of aryl methyl sites for hydroxylation is 1. The van der Waals surface area contributed by atoms with Crippen LogP contribution in [0, 0.1) is 24.0 Å². The SMILES string of the molecule is Cc1ccc(-c2ccc(C=CC(=O)Nc3cccc([N+](=O)[O-])c3C)o2)cc1Cl. The van der Waals surface area contributed by atoms with E-state index in [9.17, 15) is 14.9 Å². The lowest BCUT2D eigenvalue weighted by molar-refractivity contribution is -0.385. The lowest BCUT2D eigenvalue weighted by Gasteiger charge is -2.06. The van der Waals surface area contributed by atoms with Gasteiger partial charge in [0.15, 0.2) is 0 Å². The third-order valence-electron chi connectivity index (χ3n) is 4.24. The molecule has 1 amide bonds. The Hall–Kier alpha value is -3.38. The van der Waals surface area contributed by atoms with E-state index in [-0.39, 0.29) is 5.69 Å². The van der Waals surface area contributed by atoms with Crippen molar-refractivity contribution in [1.82, 2.24) is 0 Å². The van der Waals surface area contributed by atoms with Crippen molar-refractivity contribution >= 4 is 35.0 Å². The maximum atomic E-state index is 12.2. The summed E-state index contributed by atoms with van der Waals surface area (Å²) in [7, 11) is 0. The molecule has 0 aliphatic rings. The van der Waals surface area contributed by atoms with Gasteiger partial charge in [0.1, 0.15) is 11.5 Å². The standard InChI is InChI=1S/C21H17ClN2O4/c1-13-6-7-15(12-17(13)22)20-10-8-16(28-20)9-11-21(25)23-18-4-3-5-19(14(18)2)24(26)27/h3-12H,1-2H3,(H,23,25). The van der Waals surface area contributed by atoms with Crippen LogP contribution in [0.15, 0.2) is 59.0 Å². The lowest BCUT2D eigenvalue weighted by Crippen LogP contribution is -2.09. The van der Waals surface area contributed by atoms with Gasteiger partial charge in [-0.15, -0.1) is 0 Å². The predicted molar refractivity (Wildman–Crippen MR) is 109 cm³/mol. The molecule has 0 fully saturated rings. The van der Waals surface area contributed by atoms with Gasteiger partial charge in [-0.05, 0) is 49.8 Å². The molecule has 0 aliphatic heterocycles. The molecule has 3 rings (SSSR count). The van der Waals surface area contributed by atoms with Crippen LogP contribution in [-0.4, -0.2) is 10.8 Å². The van der Waals surface area contributed by atoms with Gasteiger partial charge in [-0.1, -0.05) is 29.8 Å². The number of amides is 1. The van der Waals surface area contributed by atoms with E-state index >= 15 is 0 Å². The number of nitro benzene ring substituents is 1. The maximum Gasteiger partial charge on any atom is 0.274 e. The van der Waals surface area contributed by atoms with Gasteiger partial charge in [-0.25, -0.2) is 0 Å². The molecule has 3 aromatic rings. The Labute approximate surface area is 166 Å². The summed E-state index contributed by atoms with van der Waals surface area (Å²) in [4.78, 5) is 22.7. The second-order valence-electron chi connectivity index (χ2n) is 6.20. The Balaban J connectivity index is 1.72. The second-order valence-corrected chi connectivity index (χ2v) is 6.60. The summed E-state index contributed by atoms with van der Waals surface area (Å²) in [5.74, 6) is 0.717. The minimum atomic E-state index is -0.484. The predicted octanol–water partition coefficient (Wildman–Crippen LogP) is 5.78. The van der Waals surface area contributed by atoms with Crippen molar-refractivity contribution in [3.63, 3.8) is 0 Å². The summed E-state index contributed by atoms with van der Waals surface area (Å²) >= 11 is 6.14. The van der Waals surface area contributed by atoms with Crippen molar-refractivity contribution in [1.29, 1.82) is 0 Å². The zero-order valence-electron chi connectivity index (χ0n) is 15.2. The number of nitrogens with one attached hydrogen (secondary N) is 1. The van der Waals surface area contributed by atoms with Crippen molar-refractivity contribution in [2.24, 2.45) is 0 Å². The summed E-state index contributed by atoms with van der Waals surface area (Å²) in [6.07, 6.45) is 2.84. The molecule has 0 saturated heterocycles. The molecule has 0 aliphatic carbocycles. The minimum absolute atomic E-state index is 0.0470. The molecule has 1 heterocycles. The second kappa shape index (κ2) is 8.10. The van der Waals surface area contributed by atoms with Crippen LogP contribution < -0.4 is 5.32 Å². The topological polar surface area (TPSA) is 85.4 Å². The van der Waals surface area contributed by atoms with Crippen LogP contribution in [0.25, 0.3) is 17.4 Å². The largest absolute Gasteiger partial charge is 0.457 e. The first kappa shape index (κ1) is 19.4. The molecule has 7 heteroatoms. The normalized spacial score (nSPS) is 11.0. The third-order valence-corrected chi connectivity index (χ3v) is 4.65. The van der Waals surface area contributed by atoms with Crippen LogP contribution in [0.5, 0.6) is 0 Å². The van der Waals surface area contributed by atoms with Crippen molar-refractivity contribution < 1.29 is 14.1 Å². The van der Waals surface area contributed by atoms with E-state index in [0.717, 1.165) is 11.1 Å². The molecule has 142 valence electrons. The molecule has 28 heavy (non-hydrogen) atoms. The Kier molecular flexibility index (Phi) is 5.61. The molecule has 0 atom stereocenters. The monoisotopic (exact) mass is 396 g/mol. The van der Waals surface area contributed by atoms with Gasteiger partial charge in [0.2, 0.25) is 5.91 Å². The van der Waals surface area contributed by atoms with Gasteiger partial charge in [0, 0.05) is 22.7 Å². The zero-order valence-corrected chi connectivity index (χ0v) is 16.0. The molecule has 1 N–H and O–H groups in total. The van der Waals surface area contributed by atoms with Gasteiger partial charge >= 0.3 is 0 Å². The van der Waals surface area contributed by atoms with Gasteiger partial charge < -0.3 is 9.73 Å². The molecular weight excluding hydrogens is 380 g/mol. The lowest BCUT2D eigenvalue weighted by atomic mass is 10.1. The zero-order chi connectivity index (χ0) is 20.3. The van der Waals surface area contributed by atoms with E-state index in [4.69, 9.17) is 16.0 Å². The van der Waals surface area contributed by atoms with Crippen LogP contribution >= 0.6 is 11.6 Å². The average Bonchev–Trinajstić information content (AvgIpc) is 3.13. The van der Waals surface area contributed by atoms with Crippen LogP contribution in [0.2, 0.25) is 5.02 Å². The Morgan fingerprint density at radius 1 is 1.18 bits per heavy atom. The number of rotatable bonds is 5. The Bertz CT molecular complexity index is 1090.